The first-order valence-corrected chi connectivity index (χ1v) is 8.99. The molecule has 0 spiro atoms. The van der Waals surface area contributed by atoms with E-state index in [1.165, 1.54) is 13.2 Å². The van der Waals surface area contributed by atoms with Gasteiger partial charge in [0.15, 0.2) is 17.5 Å². The van der Waals surface area contributed by atoms with Gasteiger partial charge in [-0.05, 0) is 37.3 Å². The Morgan fingerprint density at radius 3 is 2.83 bits per heavy atom. The number of para-hydroxylation sites is 1. The van der Waals surface area contributed by atoms with Gasteiger partial charge in [0.25, 0.3) is 5.91 Å². The van der Waals surface area contributed by atoms with E-state index in [9.17, 15) is 13.6 Å². The Labute approximate surface area is 170 Å². The molecular weight excluding hydrogens is 404 g/mol. The van der Waals surface area contributed by atoms with Crippen molar-refractivity contribution in [1.82, 2.24) is 15.5 Å². The standard InChI is InChI=1S/C19H18ClF2N5O2/c1-10(9-29-2)23-19(25-18(28)11-6-7-14(21)15(22)8-11)24-17-12-4-3-5-13(20)16(12)26-27-17/h3-8,10H,9H2,1-2H3,(H3,23,24,25,26,27,28)/t10-/m0/s1. The summed E-state index contributed by atoms with van der Waals surface area (Å²) in [7, 11) is 1.53. The smallest absolute Gasteiger partial charge is 0.258 e. The van der Waals surface area contributed by atoms with E-state index in [2.05, 4.69) is 25.8 Å². The molecule has 2 aromatic carbocycles. The van der Waals surface area contributed by atoms with Crippen LogP contribution in [0.2, 0.25) is 5.02 Å². The maximum Gasteiger partial charge on any atom is 0.258 e. The summed E-state index contributed by atoms with van der Waals surface area (Å²) in [6, 6.07) is 7.83. The molecule has 1 heterocycles. The zero-order valence-electron chi connectivity index (χ0n) is 15.6. The van der Waals surface area contributed by atoms with Gasteiger partial charge in [-0.15, -0.1) is 0 Å². The first-order chi connectivity index (χ1) is 13.9. The van der Waals surface area contributed by atoms with Crippen LogP contribution in [-0.2, 0) is 4.74 Å². The molecule has 3 N–H and O–H groups in total. The molecule has 1 atom stereocenters. The van der Waals surface area contributed by atoms with Gasteiger partial charge in [0, 0.05) is 18.1 Å². The number of rotatable bonds is 5. The number of carbonyl (C=O) groups is 1. The Balaban J connectivity index is 1.88. The third-order valence-electron chi connectivity index (χ3n) is 3.96. The SMILES string of the molecule is COC[C@H](C)N=C(NC(=O)c1ccc(F)c(F)c1)Nc1n[nH]c2c(Cl)cccc12. The van der Waals surface area contributed by atoms with Crippen molar-refractivity contribution in [3.63, 3.8) is 0 Å². The highest BCUT2D eigenvalue weighted by Crippen LogP contribution is 2.26. The van der Waals surface area contributed by atoms with Gasteiger partial charge < -0.3 is 10.1 Å². The Hall–Kier alpha value is -3.04. The number of fused-ring (bicyclic) bond motifs is 1. The molecular formula is C19H18ClF2N5O2. The minimum atomic E-state index is -1.12. The number of amides is 1. The van der Waals surface area contributed by atoms with E-state index in [0.717, 1.165) is 12.1 Å². The third kappa shape index (κ3) is 4.87. The van der Waals surface area contributed by atoms with Gasteiger partial charge in [-0.25, -0.2) is 13.8 Å². The second kappa shape index (κ2) is 8.97. The quantitative estimate of drug-likeness (QED) is 0.432. The van der Waals surface area contributed by atoms with Crippen LogP contribution in [0.5, 0.6) is 0 Å². The summed E-state index contributed by atoms with van der Waals surface area (Å²) < 4.78 is 31.7. The molecule has 0 bridgehead atoms. The first-order valence-electron chi connectivity index (χ1n) is 8.61. The van der Waals surface area contributed by atoms with Crippen LogP contribution in [0.3, 0.4) is 0 Å². The molecule has 0 unspecified atom stereocenters. The lowest BCUT2D eigenvalue weighted by molar-refractivity contribution is 0.0976. The molecule has 29 heavy (non-hydrogen) atoms. The maximum absolute atomic E-state index is 13.5. The van der Waals surface area contributed by atoms with Crippen molar-refractivity contribution in [2.75, 3.05) is 19.0 Å². The molecule has 0 aliphatic heterocycles. The van der Waals surface area contributed by atoms with Crippen LogP contribution in [0, 0.1) is 11.6 Å². The van der Waals surface area contributed by atoms with Crippen molar-refractivity contribution in [3.05, 3.63) is 58.6 Å². The summed E-state index contributed by atoms with van der Waals surface area (Å²) >= 11 is 6.14. The summed E-state index contributed by atoms with van der Waals surface area (Å²) in [6.45, 7) is 2.09. The van der Waals surface area contributed by atoms with Crippen LogP contribution in [-0.4, -0.2) is 41.8 Å². The van der Waals surface area contributed by atoms with Crippen molar-refractivity contribution >= 4 is 40.2 Å². The van der Waals surface area contributed by atoms with Crippen LogP contribution >= 0.6 is 11.6 Å². The topological polar surface area (TPSA) is 91.4 Å². The lowest BCUT2D eigenvalue weighted by Crippen LogP contribution is -2.37. The van der Waals surface area contributed by atoms with E-state index in [-0.39, 0.29) is 17.6 Å². The molecule has 10 heteroatoms. The average Bonchev–Trinajstić information content (AvgIpc) is 3.08. The van der Waals surface area contributed by atoms with E-state index in [1.807, 2.05) is 0 Å². The maximum atomic E-state index is 13.5. The normalized spacial score (nSPS) is 12.8. The number of halogens is 3. The Bertz CT molecular complexity index is 1070. The summed E-state index contributed by atoms with van der Waals surface area (Å²) in [5.74, 6) is -2.38. The second-order valence-corrected chi connectivity index (χ2v) is 6.63. The van der Waals surface area contributed by atoms with Crippen molar-refractivity contribution in [3.8, 4) is 0 Å². The highest BCUT2D eigenvalue weighted by Gasteiger charge is 2.16. The number of nitrogens with zero attached hydrogens (tertiary/aromatic N) is 2. The number of benzene rings is 2. The van der Waals surface area contributed by atoms with E-state index in [4.69, 9.17) is 16.3 Å². The van der Waals surface area contributed by atoms with E-state index in [1.54, 1.807) is 25.1 Å². The van der Waals surface area contributed by atoms with Crippen LogP contribution < -0.4 is 10.6 Å². The van der Waals surface area contributed by atoms with Crippen molar-refractivity contribution in [2.45, 2.75) is 13.0 Å². The van der Waals surface area contributed by atoms with E-state index >= 15 is 0 Å². The first kappa shape index (κ1) is 20.7. The fraction of sp³-hybridized carbons (Fsp3) is 0.211. The highest BCUT2D eigenvalue weighted by atomic mass is 35.5. The number of aliphatic imine (C=N–C) groups is 1. The molecule has 3 aromatic rings. The number of hydrogen-bond donors (Lipinski definition) is 3. The second-order valence-electron chi connectivity index (χ2n) is 6.22. The number of carbonyl (C=O) groups excluding carboxylic acids is 1. The Kier molecular flexibility index (Phi) is 6.40. The number of aromatic nitrogens is 2. The largest absolute Gasteiger partial charge is 0.382 e. The van der Waals surface area contributed by atoms with Crippen LogP contribution in [0.25, 0.3) is 10.9 Å². The molecule has 1 amide bonds. The molecule has 0 aliphatic rings. The predicted octanol–water partition coefficient (Wildman–Crippen LogP) is 3.73. The van der Waals surface area contributed by atoms with E-state index < -0.39 is 17.5 Å². The van der Waals surface area contributed by atoms with Gasteiger partial charge >= 0.3 is 0 Å². The van der Waals surface area contributed by atoms with Crippen molar-refractivity contribution < 1.29 is 18.3 Å². The number of guanidine groups is 1. The zero-order valence-corrected chi connectivity index (χ0v) is 16.3. The van der Waals surface area contributed by atoms with Crippen molar-refractivity contribution in [2.24, 2.45) is 4.99 Å². The van der Waals surface area contributed by atoms with E-state index in [0.29, 0.717) is 28.4 Å². The molecule has 0 aliphatic carbocycles. The van der Waals surface area contributed by atoms with Gasteiger partial charge in [-0.2, -0.15) is 5.10 Å². The fourth-order valence-electron chi connectivity index (χ4n) is 2.63. The Morgan fingerprint density at radius 2 is 2.10 bits per heavy atom. The number of hydrogen-bond acceptors (Lipinski definition) is 4. The number of anilines is 1. The number of methoxy groups -OCH3 is 1. The number of nitrogens with one attached hydrogen (secondary N) is 3. The van der Waals surface area contributed by atoms with Crippen LogP contribution in [0.4, 0.5) is 14.6 Å². The number of aromatic amines is 1. The molecule has 0 saturated heterocycles. The zero-order chi connectivity index (χ0) is 21.0. The van der Waals surface area contributed by atoms with Crippen molar-refractivity contribution in [1.29, 1.82) is 0 Å². The van der Waals surface area contributed by atoms with Gasteiger partial charge in [0.2, 0.25) is 5.96 Å². The molecule has 0 saturated carbocycles. The van der Waals surface area contributed by atoms with Gasteiger partial charge in [0.05, 0.1) is 23.2 Å². The summed E-state index contributed by atoms with van der Waals surface area (Å²) in [4.78, 5) is 16.9. The van der Waals surface area contributed by atoms with Gasteiger partial charge in [-0.3, -0.25) is 15.2 Å². The summed E-state index contributed by atoms with van der Waals surface area (Å²) in [5.41, 5.74) is 0.556. The summed E-state index contributed by atoms with van der Waals surface area (Å²) in [5, 5.41) is 13.6. The lowest BCUT2D eigenvalue weighted by atomic mass is 10.2. The summed E-state index contributed by atoms with van der Waals surface area (Å²) in [6.07, 6.45) is 0. The molecule has 0 fully saturated rings. The van der Waals surface area contributed by atoms with Crippen LogP contribution in [0.15, 0.2) is 41.4 Å². The molecule has 3 rings (SSSR count). The molecule has 1 aromatic heterocycles. The third-order valence-corrected chi connectivity index (χ3v) is 4.27. The number of ether oxygens (including phenoxy) is 1. The van der Waals surface area contributed by atoms with Crippen LogP contribution in [0.1, 0.15) is 17.3 Å². The minimum absolute atomic E-state index is 0.0623. The van der Waals surface area contributed by atoms with Gasteiger partial charge in [-0.1, -0.05) is 17.7 Å². The average molecular weight is 422 g/mol. The molecule has 152 valence electrons. The fourth-order valence-corrected chi connectivity index (χ4v) is 2.84. The Morgan fingerprint density at radius 1 is 1.31 bits per heavy atom. The molecule has 0 radical (unpaired) electrons. The lowest BCUT2D eigenvalue weighted by Gasteiger charge is -2.13. The minimum Gasteiger partial charge on any atom is -0.382 e. The monoisotopic (exact) mass is 421 g/mol. The highest BCUT2D eigenvalue weighted by molar-refractivity contribution is 6.35. The number of H-pyrrole nitrogens is 1. The van der Waals surface area contributed by atoms with Gasteiger partial charge in [0.1, 0.15) is 0 Å². The molecule has 7 nitrogen and oxygen atoms in total. The predicted molar refractivity (Wildman–Crippen MR) is 107 cm³/mol.